The van der Waals surface area contributed by atoms with Crippen LogP contribution >= 0.6 is 0 Å². The van der Waals surface area contributed by atoms with Crippen molar-refractivity contribution in [3.8, 4) is 0 Å². The van der Waals surface area contributed by atoms with E-state index in [1.165, 1.54) is 0 Å². The van der Waals surface area contributed by atoms with Crippen molar-refractivity contribution in [3.05, 3.63) is 0 Å². The van der Waals surface area contributed by atoms with Crippen molar-refractivity contribution in [1.29, 1.82) is 0 Å². The van der Waals surface area contributed by atoms with Gasteiger partial charge in [-0.25, -0.2) is 0 Å². The molecule has 5 heteroatoms. The lowest BCUT2D eigenvalue weighted by molar-refractivity contribution is -0.132. The van der Waals surface area contributed by atoms with Crippen LogP contribution < -0.4 is 11.1 Å². The van der Waals surface area contributed by atoms with Crippen LogP contribution in [0.1, 0.15) is 40.5 Å². The van der Waals surface area contributed by atoms with Crippen LogP contribution in [0.25, 0.3) is 0 Å². The number of Topliss-reactive ketones (excluding diaryl/α,β-unsaturated/α-hetero) is 1. The van der Waals surface area contributed by atoms with Crippen LogP contribution in [-0.4, -0.2) is 23.6 Å². The van der Waals surface area contributed by atoms with E-state index in [1.54, 1.807) is 27.7 Å². The van der Waals surface area contributed by atoms with E-state index in [1.807, 2.05) is 0 Å². The minimum Gasteiger partial charge on any atom is -0.370 e. The molecule has 0 spiro atoms. The smallest absolute Gasteiger partial charge is 0.225 e. The van der Waals surface area contributed by atoms with Gasteiger partial charge in [-0.15, -0.1) is 0 Å². The third kappa shape index (κ3) is 5.48. The third-order valence-electron chi connectivity index (χ3n) is 2.13. The molecular formula is C11H20N2O3. The molecule has 1 unspecified atom stereocenters. The van der Waals surface area contributed by atoms with Gasteiger partial charge < -0.3 is 11.1 Å². The maximum absolute atomic E-state index is 11.6. The Morgan fingerprint density at radius 3 is 2.06 bits per heavy atom. The fourth-order valence-electron chi connectivity index (χ4n) is 0.957. The first-order valence-electron chi connectivity index (χ1n) is 5.26. The van der Waals surface area contributed by atoms with Crippen molar-refractivity contribution < 1.29 is 14.4 Å². The highest BCUT2D eigenvalue weighted by Gasteiger charge is 2.24. The standard InChI is InChI=1S/C11H20N2O3/c1-7(8(14)5-6-9(12)15)13-10(16)11(2,3)4/h7H,5-6H2,1-4H3,(H2,12,15)(H,13,16). The molecule has 0 aliphatic heterocycles. The number of hydrogen-bond acceptors (Lipinski definition) is 3. The van der Waals surface area contributed by atoms with Crippen molar-refractivity contribution in [2.45, 2.75) is 46.6 Å². The molecule has 5 nitrogen and oxygen atoms in total. The van der Waals surface area contributed by atoms with E-state index in [4.69, 9.17) is 5.73 Å². The number of amides is 2. The van der Waals surface area contributed by atoms with Crippen molar-refractivity contribution in [1.82, 2.24) is 5.32 Å². The molecule has 1 atom stereocenters. The van der Waals surface area contributed by atoms with E-state index < -0.39 is 17.4 Å². The van der Waals surface area contributed by atoms with Gasteiger partial charge >= 0.3 is 0 Å². The molecule has 0 radical (unpaired) electrons. The van der Waals surface area contributed by atoms with Crippen molar-refractivity contribution in [2.24, 2.45) is 11.1 Å². The average molecular weight is 228 g/mol. The summed E-state index contributed by atoms with van der Waals surface area (Å²) in [6, 6.07) is -0.578. The first kappa shape index (κ1) is 14.6. The maximum Gasteiger partial charge on any atom is 0.225 e. The molecule has 0 aromatic rings. The second-order valence-electron chi connectivity index (χ2n) is 4.88. The average Bonchev–Trinajstić information content (AvgIpc) is 2.12. The SMILES string of the molecule is CC(NC(=O)C(C)(C)C)C(=O)CCC(N)=O. The fraction of sp³-hybridized carbons (Fsp3) is 0.727. The first-order valence-corrected chi connectivity index (χ1v) is 5.26. The van der Waals surface area contributed by atoms with E-state index in [0.717, 1.165) is 0 Å². The maximum atomic E-state index is 11.6. The highest BCUT2D eigenvalue weighted by atomic mass is 16.2. The zero-order valence-corrected chi connectivity index (χ0v) is 10.3. The lowest BCUT2D eigenvalue weighted by Gasteiger charge is -2.21. The highest BCUT2D eigenvalue weighted by molar-refractivity contribution is 5.92. The molecule has 0 bridgehead atoms. The predicted molar refractivity (Wildman–Crippen MR) is 60.5 cm³/mol. The summed E-state index contributed by atoms with van der Waals surface area (Å²) in [4.78, 5) is 33.5. The lowest BCUT2D eigenvalue weighted by Crippen LogP contribution is -2.44. The molecule has 0 saturated heterocycles. The number of carbonyl (C=O) groups is 3. The summed E-state index contributed by atoms with van der Waals surface area (Å²) < 4.78 is 0. The second kappa shape index (κ2) is 5.63. The molecule has 0 aromatic carbocycles. The second-order valence-corrected chi connectivity index (χ2v) is 4.88. The molecular weight excluding hydrogens is 208 g/mol. The number of nitrogens with one attached hydrogen (secondary N) is 1. The van der Waals surface area contributed by atoms with E-state index >= 15 is 0 Å². The van der Waals surface area contributed by atoms with Gasteiger partial charge in [-0.3, -0.25) is 14.4 Å². The molecule has 0 fully saturated rings. The summed E-state index contributed by atoms with van der Waals surface area (Å²) in [5.41, 5.74) is 4.40. The summed E-state index contributed by atoms with van der Waals surface area (Å²) in [6.07, 6.45) is 0.0927. The van der Waals surface area contributed by atoms with E-state index in [9.17, 15) is 14.4 Å². The Balaban J connectivity index is 4.16. The number of carbonyl (C=O) groups excluding carboxylic acids is 3. The Morgan fingerprint density at radius 2 is 1.69 bits per heavy atom. The van der Waals surface area contributed by atoms with Crippen LogP contribution in [0.2, 0.25) is 0 Å². The van der Waals surface area contributed by atoms with Gasteiger partial charge in [-0.1, -0.05) is 20.8 Å². The molecule has 0 aliphatic rings. The lowest BCUT2D eigenvalue weighted by atomic mass is 9.95. The third-order valence-corrected chi connectivity index (χ3v) is 2.13. The molecule has 0 aliphatic carbocycles. The quantitative estimate of drug-likeness (QED) is 0.712. The summed E-state index contributed by atoms with van der Waals surface area (Å²) in [7, 11) is 0. The van der Waals surface area contributed by atoms with E-state index in [0.29, 0.717) is 0 Å². The van der Waals surface area contributed by atoms with Gasteiger partial charge in [-0.2, -0.15) is 0 Å². The Kier molecular flexibility index (Phi) is 5.14. The minimum atomic E-state index is -0.578. The zero-order valence-electron chi connectivity index (χ0n) is 10.3. The first-order chi connectivity index (χ1) is 7.14. The van der Waals surface area contributed by atoms with Gasteiger partial charge in [0.25, 0.3) is 0 Å². The number of primary amides is 1. The molecule has 92 valence electrons. The zero-order chi connectivity index (χ0) is 12.9. The molecule has 3 N–H and O–H groups in total. The number of rotatable bonds is 5. The summed E-state index contributed by atoms with van der Waals surface area (Å²) >= 11 is 0. The van der Waals surface area contributed by atoms with Gasteiger partial charge in [0.15, 0.2) is 5.78 Å². The van der Waals surface area contributed by atoms with Gasteiger partial charge in [0.05, 0.1) is 6.04 Å². The fourth-order valence-corrected chi connectivity index (χ4v) is 0.957. The van der Waals surface area contributed by atoms with Gasteiger partial charge in [0, 0.05) is 18.3 Å². The number of hydrogen-bond donors (Lipinski definition) is 2. The van der Waals surface area contributed by atoms with Crippen molar-refractivity contribution in [2.75, 3.05) is 0 Å². The van der Waals surface area contributed by atoms with Crippen LogP contribution in [0.4, 0.5) is 0 Å². The van der Waals surface area contributed by atoms with Gasteiger partial charge in [0.1, 0.15) is 0 Å². The molecule has 0 heterocycles. The van der Waals surface area contributed by atoms with Crippen LogP contribution in [-0.2, 0) is 14.4 Å². The Hall–Kier alpha value is -1.39. The van der Waals surface area contributed by atoms with Crippen LogP contribution in [0.5, 0.6) is 0 Å². The van der Waals surface area contributed by atoms with Gasteiger partial charge in [-0.05, 0) is 6.92 Å². The van der Waals surface area contributed by atoms with Crippen LogP contribution in [0.15, 0.2) is 0 Å². The molecule has 16 heavy (non-hydrogen) atoms. The molecule has 0 aromatic heterocycles. The number of nitrogens with two attached hydrogens (primary N) is 1. The number of ketones is 1. The molecule has 0 rings (SSSR count). The van der Waals surface area contributed by atoms with Crippen LogP contribution in [0.3, 0.4) is 0 Å². The van der Waals surface area contributed by atoms with Gasteiger partial charge in [0.2, 0.25) is 11.8 Å². The molecule has 2 amide bonds. The normalized spacial score (nSPS) is 13.0. The van der Waals surface area contributed by atoms with E-state index in [-0.39, 0.29) is 24.5 Å². The predicted octanol–water partition coefficient (Wildman–Crippen LogP) is 0.372. The Bertz CT molecular complexity index is 292. The topological polar surface area (TPSA) is 89.3 Å². The summed E-state index contributed by atoms with van der Waals surface area (Å²) in [6.45, 7) is 6.90. The van der Waals surface area contributed by atoms with Crippen molar-refractivity contribution in [3.63, 3.8) is 0 Å². The Morgan fingerprint density at radius 1 is 1.19 bits per heavy atom. The largest absolute Gasteiger partial charge is 0.370 e. The molecule has 0 saturated carbocycles. The Labute approximate surface area is 95.8 Å². The summed E-state index contributed by atoms with van der Waals surface area (Å²) in [5.74, 6) is -0.883. The minimum absolute atomic E-state index is 0.0224. The monoisotopic (exact) mass is 228 g/mol. The summed E-state index contributed by atoms with van der Waals surface area (Å²) in [5, 5.41) is 2.60. The van der Waals surface area contributed by atoms with E-state index in [2.05, 4.69) is 5.32 Å². The van der Waals surface area contributed by atoms with Crippen molar-refractivity contribution >= 4 is 17.6 Å². The highest BCUT2D eigenvalue weighted by Crippen LogP contribution is 2.13. The van der Waals surface area contributed by atoms with Crippen LogP contribution in [0, 0.1) is 5.41 Å².